The highest BCUT2D eigenvalue weighted by atomic mass is 32.2. The van der Waals surface area contributed by atoms with Gasteiger partial charge in [0.1, 0.15) is 0 Å². The zero-order valence-electron chi connectivity index (χ0n) is 9.80. The van der Waals surface area contributed by atoms with E-state index in [1.165, 1.54) is 4.31 Å². The van der Waals surface area contributed by atoms with Crippen molar-refractivity contribution < 1.29 is 8.42 Å². The molecule has 2 N–H and O–H groups in total. The third kappa shape index (κ3) is 2.11. The lowest BCUT2D eigenvalue weighted by Gasteiger charge is -2.38. The molecular formula is C10H21N3O2S. The Labute approximate surface area is 97.8 Å². The molecule has 5 nitrogen and oxygen atoms in total. The monoisotopic (exact) mass is 247 g/mol. The van der Waals surface area contributed by atoms with Crippen LogP contribution in [0.15, 0.2) is 0 Å². The molecule has 2 aliphatic heterocycles. The average Bonchev–Trinajstić information content (AvgIpc) is 2.75. The smallest absolute Gasteiger partial charge is 0.283 e. The zero-order chi connectivity index (χ0) is 11.8. The van der Waals surface area contributed by atoms with Crippen molar-refractivity contribution in [3.8, 4) is 0 Å². The largest absolute Gasteiger partial charge is 0.315 e. The summed E-state index contributed by atoms with van der Waals surface area (Å²) in [6, 6.07) is 0. The molecule has 0 aliphatic carbocycles. The molecule has 2 heterocycles. The summed E-state index contributed by atoms with van der Waals surface area (Å²) >= 11 is 0. The first kappa shape index (κ1) is 12.3. The Bertz CT molecular complexity index is 338. The molecule has 0 aromatic heterocycles. The summed E-state index contributed by atoms with van der Waals surface area (Å²) < 4.78 is 27.7. The van der Waals surface area contributed by atoms with Gasteiger partial charge in [-0.05, 0) is 31.6 Å². The number of hydrogen-bond acceptors (Lipinski definition) is 3. The van der Waals surface area contributed by atoms with Crippen LogP contribution in [0.4, 0.5) is 0 Å². The van der Waals surface area contributed by atoms with Crippen LogP contribution in [0.5, 0.6) is 0 Å². The highest BCUT2D eigenvalue weighted by Crippen LogP contribution is 2.25. The van der Waals surface area contributed by atoms with E-state index in [1.807, 2.05) is 6.92 Å². The van der Waals surface area contributed by atoms with Crippen molar-refractivity contribution in [3.63, 3.8) is 0 Å². The molecule has 2 saturated heterocycles. The van der Waals surface area contributed by atoms with Crippen LogP contribution in [0.3, 0.4) is 0 Å². The maximum Gasteiger partial charge on any atom is 0.283 e. The zero-order valence-corrected chi connectivity index (χ0v) is 10.6. The lowest BCUT2D eigenvalue weighted by atomic mass is 9.99. The van der Waals surface area contributed by atoms with E-state index in [-0.39, 0.29) is 12.1 Å². The van der Waals surface area contributed by atoms with Crippen LogP contribution in [0, 0.1) is 5.92 Å². The maximum absolute atomic E-state index is 12.3. The minimum absolute atomic E-state index is 0.256. The Hall–Kier alpha value is -0.170. The van der Waals surface area contributed by atoms with E-state index in [0.29, 0.717) is 19.6 Å². The van der Waals surface area contributed by atoms with E-state index in [9.17, 15) is 8.42 Å². The Morgan fingerprint density at radius 2 is 1.75 bits per heavy atom. The van der Waals surface area contributed by atoms with Crippen molar-refractivity contribution in [1.29, 1.82) is 0 Å². The van der Waals surface area contributed by atoms with Gasteiger partial charge in [0.2, 0.25) is 0 Å². The molecule has 6 heteroatoms. The van der Waals surface area contributed by atoms with Gasteiger partial charge in [0.15, 0.2) is 0 Å². The molecule has 2 rings (SSSR count). The molecule has 2 unspecified atom stereocenters. The predicted octanol–water partition coefficient (Wildman–Crippen LogP) is 0.344. The number of rotatable bonds is 2. The average molecular weight is 247 g/mol. The third-order valence-electron chi connectivity index (χ3n) is 3.64. The number of piperidine rings is 1. The minimum Gasteiger partial charge on any atom is -0.315 e. The predicted molar refractivity (Wildman–Crippen MR) is 62.8 cm³/mol. The van der Waals surface area contributed by atoms with Crippen LogP contribution in [-0.2, 0) is 10.2 Å². The number of hydrogen-bond donors (Lipinski definition) is 1. The lowest BCUT2D eigenvalue weighted by molar-refractivity contribution is 0.182. The second kappa shape index (κ2) is 4.60. The molecule has 2 aliphatic rings. The molecule has 0 aromatic carbocycles. The van der Waals surface area contributed by atoms with Crippen LogP contribution in [0.25, 0.3) is 0 Å². The number of nitrogens with two attached hydrogens (primary N) is 1. The second-order valence-electron chi connectivity index (χ2n) is 4.83. The lowest BCUT2D eigenvalue weighted by Crippen LogP contribution is -2.56. The first-order valence-electron chi connectivity index (χ1n) is 6.06. The summed E-state index contributed by atoms with van der Waals surface area (Å²) in [7, 11) is -3.30. The summed E-state index contributed by atoms with van der Waals surface area (Å²) in [5.74, 6) is 0.256. The fraction of sp³-hybridized carbons (Fsp3) is 1.00. The van der Waals surface area contributed by atoms with E-state index >= 15 is 0 Å². The van der Waals surface area contributed by atoms with Gasteiger partial charge >= 0.3 is 0 Å². The van der Waals surface area contributed by atoms with Crippen molar-refractivity contribution >= 4 is 10.2 Å². The standard InChI is InChI=1S/C10H21N3O2S/c1-9-5-4-8-13(10(9)11)16(14,15)12-6-2-3-7-12/h9-10H,2-8,11H2,1H3. The van der Waals surface area contributed by atoms with Gasteiger partial charge in [0.05, 0.1) is 6.17 Å². The summed E-state index contributed by atoms with van der Waals surface area (Å²) in [4.78, 5) is 0. The quantitative estimate of drug-likeness (QED) is 0.765. The molecule has 0 bridgehead atoms. The van der Waals surface area contributed by atoms with E-state index in [1.54, 1.807) is 4.31 Å². The summed E-state index contributed by atoms with van der Waals surface area (Å²) in [6.07, 6.45) is 3.53. The second-order valence-corrected chi connectivity index (χ2v) is 6.72. The van der Waals surface area contributed by atoms with Crippen molar-refractivity contribution in [3.05, 3.63) is 0 Å². The summed E-state index contributed by atoms with van der Waals surface area (Å²) in [6.45, 7) is 3.90. The first-order chi connectivity index (χ1) is 7.53. The van der Waals surface area contributed by atoms with Crippen LogP contribution in [-0.4, -0.2) is 42.8 Å². The van der Waals surface area contributed by atoms with Gasteiger partial charge in [-0.1, -0.05) is 6.92 Å². The fourth-order valence-electron chi connectivity index (χ4n) is 2.51. The van der Waals surface area contributed by atoms with Crippen molar-refractivity contribution in [2.45, 2.75) is 38.8 Å². The Kier molecular flexibility index (Phi) is 3.53. The summed E-state index contributed by atoms with van der Waals surface area (Å²) in [5.41, 5.74) is 6.00. The molecule has 0 radical (unpaired) electrons. The molecule has 0 aromatic rings. The van der Waals surface area contributed by atoms with Crippen LogP contribution < -0.4 is 5.73 Å². The normalized spacial score (nSPS) is 34.4. The van der Waals surface area contributed by atoms with Gasteiger partial charge in [-0.3, -0.25) is 0 Å². The van der Waals surface area contributed by atoms with Gasteiger partial charge in [-0.25, -0.2) is 0 Å². The highest BCUT2D eigenvalue weighted by molar-refractivity contribution is 7.86. The fourth-order valence-corrected chi connectivity index (χ4v) is 4.40. The van der Waals surface area contributed by atoms with Crippen molar-refractivity contribution in [2.24, 2.45) is 11.7 Å². The summed E-state index contributed by atoms with van der Waals surface area (Å²) in [5, 5.41) is 0. The molecule has 0 saturated carbocycles. The van der Waals surface area contributed by atoms with E-state index in [2.05, 4.69) is 0 Å². The Morgan fingerprint density at radius 1 is 1.12 bits per heavy atom. The van der Waals surface area contributed by atoms with Crippen molar-refractivity contribution in [2.75, 3.05) is 19.6 Å². The topological polar surface area (TPSA) is 66.6 Å². The van der Waals surface area contributed by atoms with Crippen LogP contribution in [0.2, 0.25) is 0 Å². The molecular weight excluding hydrogens is 226 g/mol. The Morgan fingerprint density at radius 3 is 2.38 bits per heavy atom. The highest BCUT2D eigenvalue weighted by Gasteiger charge is 2.38. The van der Waals surface area contributed by atoms with E-state index in [0.717, 1.165) is 25.7 Å². The van der Waals surface area contributed by atoms with Gasteiger partial charge < -0.3 is 5.73 Å². The molecule has 0 spiro atoms. The molecule has 0 amide bonds. The van der Waals surface area contributed by atoms with Gasteiger partial charge in [-0.15, -0.1) is 0 Å². The van der Waals surface area contributed by atoms with Gasteiger partial charge in [0, 0.05) is 19.6 Å². The molecule has 2 atom stereocenters. The van der Waals surface area contributed by atoms with Gasteiger partial charge in [0.25, 0.3) is 10.2 Å². The van der Waals surface area contributed by atoms with Crippen molar-refractivity contribution in [1.82, 2.24) is 8.61 Å². The maximum atomic E-state index is 12.3. The number of nitrogens with zero attached hydrogens (tertiary/aromatic N) is 2. The minimum atomic E-state index is -3.30. The molecule has 16 heavy (non-hydrogen) atoms. The molecule has 2 fully saturated rings. The molecule has 94 valence electrons. The Balaban J connectivity index is 2.15. The van der Waals surface area contributed by atoms with Crippen LogP contribution >= 0.6 is 0 Å². The first-order valence-corrected chi connectivity index (χ1v) is 7.45. The van der Waals surface area contributed by atoms with Crippen LogP contribution in [0.1, 0.15) is 32.6 Å². The SMILES string of the molecule is CC1CCCN(S(=O)(=O)N2CCCC2)C1N. The van der Waals surface area contributed by atoms with Gasteiger partial charge in [-0.2, -0.15) is 17.0 Å². The van der Waals surface area contributed by atoms with E-state index < -0.39 is 10.2 Å². The van der Waals surface area contributed by atoms with E-state index in [4.69, 9.17) is 5.73 Å². The third-order valence-corrected chi connectivity index (χ3v) is 5.68.